The van der Waals surface area contributed by atoms with Crippen molar-refractivity contribution in [3.63, 3.8) is 0 Å². The van der Waals surface area contributed by atoms with Gasteiger partial charge in [-0.3, -0.25) is 4.99 Å². The number of aliphatic imine (C=N–C) groups is 1. The Morgan fingerprint density at radius 1 is 0.969 bits per heavy atom. The predicted octanol–water partition coefficient (Wildman–Crippen LogP) is 3.50. The van der Waals surface area contributed by atoms with Crippen LogP contribution >= 0.6 is 0 Å². The lowest BCUT2D eigenvalue weighted by atomic mass is 9.98. The number of fused-ring (bicyclic) bond motifs is 1. The van der Waals surface area contributed by atoms with E-state index in [9.17, 15) is 8.42 Å². The van der Waals surface area contributed by atoms with Crippen LogP contribution in [0.25, 0.3) is 0 Å². The molecule has 10 heteroatoms. The molecule has 9 nitrogen and oxygen atoms in total. The minimum Gasteiger partial charge on any atom is -0.493 e. The number of nitrogens with zero attached hydrogens (tertiary/aromatic N) is 3. The van der Waals surface area contributed by atoms with Crippen molar-refractivity contribution < 1.29 is 22.6 Å². The van der Waals surface area contributed by atoms with Gasteiger partial charge in [-0.05, 0) is 17.7 Å². The molecule has 32 heavy (non-hydrogen) atoms. The van der Waals surface area contributed by atoms with Gasteiger partial charge in [-0.25, -0.2) is 18.4 Å². The van der Waals surface area contributed by atoms with Crippen molar-refractivity contribution in [3.05, 3.63) is 53.9 Å². The summed E-state index contributed by atoms with van der Waals surface area (Å²) < 4.78 is 39.6. The first-order valence-corrected chi connectivity index (χ1v) is 11.5. The first kappa shape index (κ1) is 21.6. The number of nitrogens with one attached hydrogen (secondary N) is 1. The van der Waals surface area contributed by atoms with E-state index in [-0.39, 0.29) is 10.8 Å². The number of hydrogen-bond donors (Lipinski definition) is 1. The van der Waals surface area contributed by atoms with Crippen LogP contribution in [0, 0.1) is 0 Å². The molecule has 0 bridgehead atoms. The number of aromatic nitrogens is 2. The molecule has 1 aliphatic heterocycles. The van der Waals surface area contributed by atoms with Gasteiger partial charge in [0.05, 0.1) is 44.0 Å². The molecule has 0 spiro atoms. The van der Waals surface area contributed by atoms with Crippen molar-refractivity contribution in [2.75, 3.05) is 32.9 Å². The van der Waals surface area contributed by atoms with Gasteiger partial charge in [-0.15, -0.1) is 0 Å². The summed E-state index contributed by atoms with van der Waals surface area (Å²) in [6, 6.07) is 10.2. The van der Waals surface area contributed by atoms with Gasteiger partial charge in [0.25, 0.3) is 0 Å². The molecular formula is C22H22N4O5S. The molecule has 3 aromatic rings. The Kier molecular flexibility index (Phi) is 5.70. The number of ether oxygens (including phenoxy) is 3. The van der Waals surface area contributed by atoms with Gasteiger partial charge in [0.1, 0.15) is 5.69 Å². The largest absolute Gasteiger partial charge is 0.493 e. The van der Waals surface area contributed by atoms with Crippen molar-refractivity contribution in [1.29, 1.82) is 0 Å². The average Bonchev–Trinajstić information content (AvgIpc) is 3.21. The van der Waals surface area contributed by atoms with E-state index in [1.807, 2.05) is 0 Å². The van der Waals surface area contributed by atoms with Crippen LogP contribution in [0.2, 0.25) is 0 Å². The first-order valence-electron chi connectivity index (χ1n) is 9.62. The number of rotatable bonds is 7. The Balaban J connectivity index is 1.64. The lowest BCUT2D eigenvalue weighted by molar-refractivity contribution is 0.324. The molecule has 2 aromatic carbocycles. The minimum absolute atomic E-state index is 0.206. The molecule has 0 saturated carbocycles. The molecule has 1 N–H and O–H groups in total. The van der Waals surface area contributed by atoms with Crippen LogP contribution in [0.1, 0.15) is 17.2 Å². The fraction of sp³-hybridized carbons (Fsp3) is 0.227. The lowest BCUT2D eigenvalue weighted by Gasteiger charge is -2.15. The van der Waals surface area contributed by atoms with Gasteiger partial charge >= 0.3 is 0 Å². The van der Waals surface area contributed by atoms with E-state index in [0.717, 1.165) is 11.3 Å². The van der Waals surface area contributed by atoms with E-state index in [4.69, 9.17) is 14.2 Å². The van der Waals surface area contributed by atoms with E-state index < -0.39 is 9.84 Å². The Bertz CT molecular complexity index is 1270. The van der Waals surface area contributed by atoms with Gasteiger partial charge in [0.2, 0.25) is 11.7 Å². The Morgan fingerprint density at radius 2 is 1.62 bits per heavy atom. The highest BCUT2D eigenvalue weighted by atomic mass is 32.2. The van der Waals surface area contributed by atoms with E-state index in [0.29, 0.717) is 34.6 Å². The van der Waals surface area contributed by atoms with Crippen molar-refractivity contribution in [1.82, 2.24) is 9.97 Å². The highest BCUT2D eigenvalue weighted by Crippen LogP contribution is 2.41. The fourth-order valence-corrected chi connectivity index (χ4v) is 4.08. The SMILES string of the molecule is COc1cc(Nc2ncc3c(n2)C(c2ccc(S(C)(=O)=O)cc2)C=N3)cc(OC)c1OC. The molecule has 1 aromatic heterocycles. The molecule has 0 saturated heterocycles. The van der Waals surface area contributed by atoms with Crippen molar-refractivity contribution >= 4 is 33.4 Å². The molecule has 2 heterocycles. The normalized spacial score (nSPS) is 14.7. The summed E-state index contributed by atoms with van der Waals surface area (Å²) in [6.07, 6.45) is 4.60. The van der Waals surface area contributed by atoms with Crippen LogP contribution in [0.4, 0.5) is 17.3 Å². The zero-order chi connectivity index (χ0) is 22.9. The number of benzene rings is 2. The maximum absolute atomic E-state index is 11.7. The smallest absolute Gasteiger partial charge is 0.227 e. The minimum atomic E-state index is -3.26. The van der Waals surface area contributed by atoms with Crippen LogP contribution in [0.5, 0.6) is 17.2 Å². The van der Waals surface area contributed by atoms with Gasteiger partial charge in [0, 0.05) is 30.3 Å². The highest BCUT2D eigenvalue weighted by Gasteiger charge is 2.24. The first-order chi connectivity index (χ1) is 15.3. The topological polar surface area (TPSA) is 112 Å². The van der Waals surface area contributed by atoms with Crippen molar-refractivity contribution in [2.45, 2.75) is 10.8 Å². The standard InChI is InChI=1S/C22H22N4O5S/c1-29-18-9-14(10-19(30-2)21(18)31-3)25-22-24-12-17-20(26-22)16(11-23-17)13-5-7-15(8-6-13)32(4,27)28/h5-12,16H,1-4H3,(H,24,25,26). The third-order valence-electron chi connectivity index (χ3n) is 5.04. The summed E-state index contributed by atoms with van der Waals surface area (Å²) >= 11 is 0. The van der Waals surface area contributed by atoms with E-state index >= 15 is 0 Å². The maximum atomic E-state index is 11.7. The van der Waals surface area contributed by atoms with E-state index in [1.54, 1.807) is 70.1 Å². The summed E-state index contributed by atoms with van der Waals surface area (Å²) in [5.41, 5.74) is 2.93. The number of methoxy groups -OCH3 is 3. The maximum Gasteiger partial charge on any atom is 0.227 e. The van der Waals surface area contributed by atoms with Gasteiger partial charge in [-0.2, -0.15) is 0 Å². The summed E-state index contributed by atoms with van der Waals surface area (Å²) in [4.78, 5) is 13.7. The van der Waals surface area contributed by atoms with E-state index in [1.165, 1.54) is 6.26 Å². The molecule has 0 amide bonds. The third kappa shape index (κ3) is 4.09. The Morgan fingerprint density at radius 3 is 2.19 bits per heavy atom. The second kappa shape index (κ2) is 8.46. The van der Waals surface area contributed by atoms with Crippen LogP contribution < -0.4 is 19.5 Å². The molecule has 0 radical (unpaired) electrons. The Hall–Kier alpha value is -3.66. The molecule has 0 fully saturated rings. The third-order valence-corrected chi connectivity index (χ3v) is 6.17. The zero-order valence-corrected chi connectivity index (χ0v) is 18.8. The highest BCUT2D eigenvalue weighted by molar-refractivity contribution is 7.90. The zero-order valence-electron chi connectivity index (χ0n) is 18.0. The van der Waals surface area contributed by atoms with Crippen LogP contribution in [0.3, 0.4) is 0 Å². The number of anilines is 2. The molecule has 1 aliphatic rings. The van der Waals surface area contributed by atoms with Gasteiger partial charge in [-0.1, -0.05) is 12.1 Å². The van der Waals surface area contributed by atoms with E-state index in [2.05, 4.69) is 20.3 Å². The van der Waals surface area contributed by atoms with Crippen molar-refractivity contribution in [3.8, 4) is 17.2 Å². The molecule has 1 unspecified atom stereocenters. The molecular weight excluding hydrogens is 432 g/mol. The number of sulfone groups is 1. The molecule has 0 aliphatic carbocycles. The van der Waals surface area contributed by atoms with Gasteiger partial charge < -0.3 is 19.5 Å². The summed E-state index contributed by atoms with van der Waals surface area (Å²) in [6.45, 7) is 0. The van der Waals surface area contributed by atoms with Crippen molar-refractivity contribution in [2.24, 2.45) is 4.99 Å². The second-order valence-corrected chi connectivity index (χ2v) is 9.12. The number of hydrogen-bond acceptors (Lipinski definition) is 9. The van der Waals surface area contributed by atoms with Crippen LogP contribution in [-0.4, -0.2) is 52.2 Å². The quantitative estimate of drug-likeness (QED) is 0.577. The Labute approximate surface area is 186 Å². The fourth-order valence-electron chi connectivity index (χ4n) is 3.45. The molecule has 4 rings (SSSR count). The predicted molar refractivity (Wildman–Crippen MR) is 121 cm³/mol. The lowest BCUT2D eigenvalue weighted by Crippen LogP contribution is -2.06. The second-order valence-electron chi connectivity index (χ2n) is 7.10. The monoisotopic (exact) mass is 454 g/mol. The molecule has 166 valence electrons. The average molecular weight is 455 g/mol. The van der Waals surface area contributed by atoms with Crippen LogP contribution in [-0.2, 0) is 9.84 Å². The summed E-state index contributed by atoms with van der Waals surface area (Å²) in [5, 5.41) is 3.16. The molecule has 1 atom stereocenters. The summed E-state index contributed by atoms with van der Waals surface area (Å²) in [7, 11) is 1.37. The summed E-state index contributed by atoms with van der Waals surface area (Å²) in [5.74, 6) is 1.66. The van der Waals surface area contributed by atoms with Crippen LogP contribution in [0.15, 0.2) is 52.5 Å². The van der Waals surface area contributed by atoms with Gasteiger partial charge in [0.15, 0.2) is 21.3 Å².